The van der Waals surface area contributed by atoms with E-state index >= 15 is 0 Å². The number of nitrogens with zero attached hydrogens (tertiary/aromatic N) is 1. The number of alkyl halides is 6. The second-order valence-electron chi connectivity index (χ2n) is 10.9. The first kappa shape index (κ1) is 32.9. The van der Waals surface area contributed by atoms with Crippen molar-refractivity contribution in [2.45, 2.75) is 57.2 Å². The second kappa shape index (κ2) is 14.3. The van der Waals surface area contributed by atoms with Gasteiger partial charge in [-0.1, -0.05) is 72.8 Å². The van der Waals surface area contributed by atoms with Crippen molar-refractivity contribution >= 4 is 6.09 Å². The van der Waals surface area contributed by atoms with Crippen molar-refractivity contribution in [2.75, 3.05) is 6.54 Å². The van der Waals surface area contributed by atoms with Gasteiger partial charge in [0.05, 0.1) is 29.9 Å². The third kappa shape index (κ3) is 8.60. The number of likely N-dealkylation sites (tertiary alicyclic amines) is 1. The lowest BCUT2D eigenvalue weighted by molar-refractivity contribution is -0.143. The predicted octanol–water partition coefficient (Wildman–Crippen LogP) is 9.36. The van der Waals surface area contributed by atoms with Crippen molar-refractivity contribution in [2.24, 2.45) is 0 Å². The molecule has 0 radical (unpaired) electrons. The molecule has 242 valence electrons. The van der Waals surface area contributed by atoms with Gasteiger partial charge in [-0.05, 0) is 65.4 Å². The molecular formula is C35H31F6NO4. The minimum absolute atomic E-state index is 0.0190. The Morgan fingerprint density at radius 1 is 0.696 bits per heavy atom. The van der Waals surface area contributed by atoms with Crippen LogP contribution < -0.4 is 4.74 Å². The molecule has 1 amide bonds. The topological polar surface area (TPSA) is 48.0 Å². The first-order valence-corrected chi connectivity index (χ1v) is 14.6. The molecular weight excluding hydrogens is 612 g/mol. The highest BCUT2D eigenvalue weighted by molar-refractivity contribution is 5.68. The number of carbonyl (C=O) groups excluding carboxylic acids is 1. The van der Waals surface area contributed by atoms with Crippen LogP contribution in [-0.4, -0.2) is 23.6 Å². The van der Waals surface area contributed by atoms with E-state index in [0.29, 0.717) is 49.4 Å². The average molecular weight is 644 g/mol. The molecule has 1 saturated heterocycles. The van der Waals surface area contributed by atoms with Crippen molar-refractivity contribution in [3.63, 3.8) is 0 Å². The zero-order chi connectivity index (χ0) is 32.7. The van der Waals surface area contributed by atoms with Gasteiger partial charge in [0.15, 0.2) is 0 Å². The SMILES string of the molecule is O=C(OCc1ccccc1)N1CCC[C@H](OCc2cc(C(F)(F)F)cc(C(F)(F)F)c2)[C@@H]1c1ccc(OCc2ccccc2)cc1. The fourth-order valence-electron chi connectivity index (χ4n) is 5.34. The zero-order valence-corrected chi connectivity index (χ0v) is 24.6. The van der Waals surface area contributed by atoms with E-state index in [-0.39, 0.29) is 18.2 Å². The smallest absolute Gasteiger partial charge is 0.416 e. The lowest BCUT2D eigenvalue weighted by atomic mass is 9.92. The average Bonchev–Trinajstić information content (AvgIpc) is 3.05. The zero-order valence-electron chi connectivity index (χ0n) is 24.6. The fraction of sp³-hybridized carbons (Fsp3) is 0.286. The summed E-state index contributed by atoms with van der Waals surface area (Å²) in [5, 5.41) is 0. The number of rotatable bonds is 9. The van der Waals surface area contributed by atoms with E-state index in [0.717, 1.165) is 11.1 Å². The van der Waals surface area contributed by atoms with Crippen LogP contribution in [0.15, 0.2) is 103 Å². The molecule has 1 heterocycles. The Labute approximate surface area is 262 Å². The first-order valence-electron chi connectivity index (χ1n) is 14.6. The van der Waals surface area contributed by atoms with Crippen molar-refractivity contribution < 1.29 is 45.3 Å². The fourth-order valence-corrected chi connectivity index (χ4v) is 5.34. The van der Waals surface area contributed by atoms with Gasteiger partial charge in [-0.25, -0.2) is 4.79 Å². The summed E-state index contributed by atoms with van der Waals surface area (Å²) in [5.41, 5.74) is -0.718. The summed E-state index contributed by atoms with van der Waals surface area (Å²) in [7, 11) is 0. The molecule has 1 aliphatic rings. The maximum atomic E-state index is 13.5. The van der Waals surface area contributed by atoms with Crippen LogP contribution in [0.3, 0.4) is 0 Å². The lowest BCUT2D eigenvalue weighted by Gasteiger charge is -2.40. The minimum atomic E-state index is -4.98. The number of piperidine rings is 1. The Balaban J connectivity index is 1.38. The van der Waals surface area contributed by atoms with Crippen LogP contribution in [0, 0.1) is 0 Å². The number of ether oxygens (including phenoxy) is 3. The molecule has 0 saturated carbocycles. The maximum absolute atomic E-state index is 13.5. The van der Waals surface area contributed by atoms with Crippen LogP contribution in [0.4, 0.5) is 31.1 Å². The van der Waals surface area contributed by atoms with Crippen molar-refractivity contribution in [3.8, 4) is 5.75 Å². The highest BCUT2D eigenvalue weighted by atomic mass is 19.4. The number of hydrogen-bond donors (Lipinski definition) is 0. The highest BCUT2D eigenvalue weighted by Gasteiger charge is 2.39. The highest BCUT2D eigenvalue weighted by Crippen LogP contribution is 2.38. The molecule has 4 aromatic carbocycles. The molecule has 0 spiro atoms. The van der Waals surface area contributed by atoms with E-state index in [1.54, 1.807) is 24.3 Å². The quantitative estimate of drug-likeness (QED) is 0.171. The van der Waals surface area contributed by atoms with Gasteiger partial charge >= 0.3 is 18.4 Å². The van der Waals surface area contributed by atoms with E-state index < -0.39 is 48.3 Å². The maximum Gasteiger partial charge on any atom is 0.416 e. The van der Waals surface area contributed by atoms with Gasteiger partial charge in [0, 0.05) is 6.54 Å². The van der Waals surface area contributed by atoms with Gasteiger partial charge in [0.25, 0.3) is 0 Å². The summed E-state index contributed by atoms with van der Waals surface area (Å²) >= 11 is 0. The number of halogens is 6. The van der Waals surface area contributed by atoms with Crippen LogP contribution in [-0.2, 0) is 41.6 Å². The first-order chi connectivity index (χ1) is 22.0. The molecule has 2 atom stereocenters. The number of amides is 1. The number of hydrogen-bond acceptors (Lipinski definition) is 4. The Kier molecular flexibility index (Phi) is 10.2. The van der Waals surface area contributed by atoms with Gasteiger partial charge in [0.2, 0.25) is 0 Å². The summed E-state index contributed by atoms with van der Waals surface area (Å²) in [6.45, 7) is 0.140. The minimum Gasteiger partial charge on any atom is -0.489 e. The van der Waals surface area contributed by atoms with Crippen molar-refractivity contribution in [1.29, 1.82) is 0 Å². The van der Waals surface area contributed by atoms with Crippen LogP contribution >= 0.6 is 0 Å². The Hall–Kier alpha value is -4.51. The molecule has 11 heteroatoms. The molecule has 5 nitrogen and oxygen atoms in total. The lowest BCUT2D eigenvalue weighted by Crippen LogP contribution is -2.46. The molecule has 0 N–H and O–H groups in total. The Morgan fingerprint density at radius 2 is 1.26 bits per heavy atom. The second-order valence-corrected chi connectivity index (χ2v) is 10.9. The molecule has 4 aromatic rings. The summed E-state index contributed by atoms with van der Waals surface area (Å²) in [6.07, 6.45) is -10.4. The van der Waals surface area contributed by atoms with Crippen LogP contribution in [0.5, 0.6) is 5.75 Å². The summed E-state index contributed by atoms with van der Waals surface area (Å²) in [6, 6.07) is 26.3. The van der Waals surface area contributed by atoms with Gasteiger partial charge in [-0.2, -0.15) is 26.3 Å². The normalized spacial score (nSPS) is 17.0. The van der Waals surface area contributed by atoms with Crippen molar-refractivity contribution in [3.05, 3.63) is 137 Å². The molecule has 0 bridgehead atoms. The third-order valence-electron chi connectivity index (χ3n) is 7.60. The van der Waals surface area contributed by atoms with E-state index in [1.807, 2.05) is 60.7 Å². The van der Waals surface area contributed by atoms with Gasteiger partial charge in [-0.3, -0.25) is 4.90 Å². The van der Waals surface area contributed by atoms with Gasteiger partial charge in [0.1, 0.15) is 19.0 Å². The molecule has 5 rings (SSSR count). The van der Waals surface area contributed by atoms with Crippen molar-refractivity contribution in [1.82, 2.24) is 4.90 Å². The molecule has 0 aromatic heterocycles. The predicted molar refractivity (Wildman–Crippen MR) is 158 cm³/mol. The standard InChI is InChI=1S/C35H31F6NO4/c36-34(37,38)28-18-26(19-29(20-28)35(39,40)41)23-45-31-12-7-17-42(33(43)46-22-25-10-5-2-6-11-25)32(31)27-13-15-30(16-14-27)44-21-24-8-3-1-4-9-24/h1-6,8-11,13-16,18-20,31-32H,7,12,17,21-23H2/t31-,32-/m0/s1. The largest absolute Gasteiger partial charge is 0.489 e. The molecule has 46 heavy (non-hydrogen) atoms. The van der Waals surface area contributed by atoms with Gasteiger partial charge in [-0.15, -0.1) is 0 Å². The van der Waals surface area contributed by atoms with Crippen LogP contribution in [0.2, 0.25) is 0 Å². The number of carbonyl (C=O) groups is 1. The Bertz CT molecular complexity index is 1540. The van der Waals surface area contributed by atoms with E-state index in [4.69, 9.17) is 14.2 Å². The van der Waals surface area contributed by atoms with Crippen LogP contribution in [0.25, 0.3) is 0 Å². The molecule has 0 unspecified atom stereocenters. The molecule has 1 fully saturated rings. The summed E-state index contributed by atoms with van der Waals surface area (Å²) in [5.74, 6) is 0.572. The van der Waals surface area contributed by atoms with E-state index in [9.17, 15) is 31.1 Å². The third-order valence-corrected chi connectivity index (χ3v) is 7.60. The summed E-state index contributed by atoms with van der Waals surface area (Å²) in [4.78, 5) is 14.9. The van der Waals surface area contributed by atoms with Gasteiger partial charge < -0.3 is 14.2 Å². The van der Waals surface area contributed by atoms with Crippen LogP contribution in [0.1, 0.15) is 52.3 Å². The van der Waals surface area contributed by atoms with E-state index in [2.05, 4.69) is 0 Å². The molecule has 0 aliphatic carbocycles. The molecule has 1 aliphatic heterocycles. The van der Waals surface area contributed by atoms with E-state index in [1.165, 1.54) is 4.90 Å². The monoisotopic (exact) mass is 643 g/mol. The summed E-state index contributed by atoms with van der Waals surface area (Å²) < 4.78 is 98.3. The Morgan fingerprint density at radius 3 is 1.83 bits per heavy atom. The number of benzene rings is 4.